The molecule has 2 N–H and O–H groups in total. The fourth-order valence-electron chi connectivity index (χ4n) is 3.06. The highest BCUT2D eigenvalue weighted by molar-refractivity contribution is 6.06. The Hall–Kier alpha value is -2.10. The molecule has 1 amide bonds. The molecule has 0 saturated carbocycles. The van der Waals surface area contributed by atoms with Crippen molar-refractivity contribution in [2.24, 2.45) is 11.8 Å². The molecule has 1 unspecified atom stereocenters. The van der Waals surface area contributed by atoms with E-state index in [0.717, 1.165) is 30.4 Å². The summed E-state index contributed by atoms with van der Waals surface area (Å²) in [5, 5.41) is 0.879. The number of para-hydroxylation sites is 1. The molecular weight excluding hydrogens is 262 g/mol. The van der Waals surface area contributed by atoms with E-state index in [1.54, 1.807) is 6.07 Å². The molecule has 1 fully saturated rings. The summed E-state index contributed by atoms with van der Waals surface area (Å²) in [6.45, 7) is 6.11. The summed E-state index contributed by atoms with van der Waals surface area (Å²) in [5.41, 5.74) is 7.30. The minimum Gasteiger partial charge on any atom is -0.384 e. The zero-order chi connectivity index (χ0) is 15.0. The van der Waals surface area contributed by atoms with Crippen LogP contribution < -0.4 is 5.73 Å². The molecule has 0 aliphatic carbocycles. The SMILES string of the molecule is CC(C)C1CCN(C(=O)c2cc(N)nc3ccccc23)C1. The number of nitrogens with zero attached hydrogens (tertiary/aromatic N) is 2. The van der Waals surface area contributed by atoms with Crippen molar-refractivity contribution in [3.63, 3.8) is 0 Å². The third-order valence-electron chi connectivity index (χ3n) is 4.42. The first-order valence-corrected chi connectivity index (χ1v) is 7.51. The molecule has 2 heterocycles. The zero-order valence-electron chi connectivity index (χ0n) is 12.5. The number of fused-ring (bicyclic) bond motifs is 1. The minimum atomic E-state index is 0.0726. The number of amides is 1. The fourth-order valence-corrected chi connectivity index (χ4v) is 3.06. The number of carbonyl (C=O) groups excluding carboxylic acids is 1. The first-order valence-electron chi connectivity index (χ1n) is 7.51. The van der Waals surface area contributed by atoms with E-state index in [9.17, 15) is 4.79 Å². The molecule has 1 aromatic heterocycles. The predicted octanol–water partition coefficient (Wildman–Crippen LogP) is 2.94. The summed E-state index contributed by atoms with van der Waals surface area (Å²) in [7, 11) is 0. The van der Waals surface area contributed by atoms with Gasteiger partial charge in [0.1, 0.15) is 5.82 Å². The van der Waals surface area contributed by atoms with Gasteiger partial charge in [0.15, 0.2) is 0 Å². The van der Waals surface area contributed by atoms with Crippen molar-refractivity contribution in [3.05, 3.63) is 35.9 Å². The van der Waals surface area contributed by atoms with E-state index >= 15 is 0 Å². The molecule has 4 heteroatoms. The number of rotatable bonds is 2. The molecule has 0 bridgehead atoms. The second-order valence-corrected chi connectivity index (χ2v) is 6.16. The molecule has 1 aliphatic rings. The van der Waals surface area contributed by atoms with Gasteiger partial charge in [-0.1, -0.05) is 32.0 Å². The average molecular weight is 283 g/mol. The number of anilines is 1. The highest BCUT2D eigenvalue weighted by Gasteiger charge is 2.29. The maximum atomic E-state index is 12.8. The lowest BCUT2D eigenvalue weighted by Crippen LogP contribution is -2.29. The van der Waals surface area contributed by atoms with Gasteiger partial charge >= 0.3 is 0 Å². The van der Waals surface area contributed by atoms with E-state index in [2.05, 4.69) is 18.8 Å². The van der Waals surface area contributed by atoms with Gasteiger partial charge in [-0.25, -0.2) is 4.98 Å². The highest BCUT2D eigenvalue weighted by Crippen LogP contribution is 2.27. The number of hydrogen-bond acceptors (Lipinski definition) is 3. The van der Waals surface area contributed by atoms with Crippen LogP contribution in [0.4, 0.5) is 5.82 Å². The molecule has 1 aromatic carbocycles. The molecule has 4 nitrogen and oxygen atoms in total. The Labute approximate surface area is 125 Å². The quantitative estimate of drug-likeness (QED) is 0.922. The zero-order valence-corrected chi connectivity index (χ0v) is 12.5. The summed E-state index contributed by atoms with van der Waals surface area (Å²) in [4.78, 5) is 19.1. The Bertz CT molecular complexity index is 681. The maximum absolute atomic E-state index is 12.8. The summed E-state index contributed by atoms with van der Waals surface area (Å²) < 4.78 is 0. The Kier molecular flexibility index (Phi) is 3.53. The van der Waals surface area contributed by atoms with Gasteiger partial charge in [0.25, 0.3) is 5.91 Å². The Balaban J connectivity index is 1.95. The number of nitrogens with two attached hydrogens (primary N) is 1. The second-order valence-electron chi connectivity index (χ2n) is 6.16. The van der Waals surface area contributed by atoms with Crippen LogP contribution in [0.15, 0.2) is 30.3 Å². The van der Waals surface area contributed by atoms with Crippen LogP contribution >= 0.6 is 0 Å². The summed E-state index contributed by atoms with van der Waals surface area (Å²) >= 11 is 0. The summed E-state index contributed by atoms with van der Waals surface area (Å²) in [5.74, 6) is 1.68. The number of pyridine rings is 1. The smallest absolute Gasteiger partial charge is 0.254 e. The van der Waals surface area contributed by atoms with E-state index < -0.39 is 0 Å². The Morgan fingerprint density at radius 1 is 1.38 bits per heavy atom. The molecule has 1 aliphatic heterocycles. The number of aromatic nitrogens is 1. The molecular formula is C17H21N3O. The first kappa shape index (κ1) is 13.9. The Morgan fingerprint density at radius 2 is 2.14 bits per heavy atom. The van der Waals surface area contributed by atoms with Crippen LogP contribution in [-0.4, -0.2) is 28.9 Å². The lowest BCUT2D eigenvalue weighted by atomic mass is 9.95. The highest BCUT2D eigenvalue weighted by atomic mass is 16.2. The van der Waals surface area contributed by atoms with Gasteiger partial charge < -0.3 is 10.6 Å². The van der Waals surface area contributed by atoms with E-state index in [1.165, 1.54) is 0 Å². The monoisotopic (exact) mass is 283 g/mol. The molecule has 1 atom stereocenters. The van der Waals surface area contributed by atoms with Crippen LogP contribution in [0.3, 0.4) is 0 Å². The number of carbonyl (C=O) groups is 1. The van der Waals surface area contributed by atoms with Gasteiger partial charge in [0, 0.05) is 18.5 Å². The third-order valence-corrected chi connectivity index (χ3v) is 4.42. The van der Waals surface area contributed by atoms with Gasteiger partial charge in [0.2, 0.25) is 0 Å². The van der Waals surface area contributed by atoms with E-state index in [1.807, 2.05) is 29.2 Å². The Morgan fingerprint density at radius 3 is 2.86 bits per heavy atom. The van der Waals surface area contributed by atoms with E-state index in [-0.39, 0.29) is 5.91 Å². The lowest BCUT2D eigenvalue weighted by molar-refractivity contribution is 0.0786. The normalized spacial score (nSPS) is 18.6. The second kappa shape index (κ2) is 5.35. The van der Waals surface area contributed by atoms with Crippen LogP contribution in [0.2, 0.25) is 0 Å². The van der Waals surface area contributed by atoms with Crippen molar-refractivity contribution < 1.29 is 4.79 Å². The number of benzene rings is 1. The molecule has 0 radical (unpaired) electrons. The third kappa shape index (κ3) is 2.58. The first-order chi connectivity index (χ1) is 10.1. The van der Waals surface area contributed by atoms with Crippen molar-refractivity contribution in [1.29, 1.82) is 0 Å². The average Bonchev–Trinajstić information content (AvgIpc) is 2.95. The standard InChI is InChI=1S/C17H21N3O/c1-11(2)12-7-8-20(10-12)17(21)14-9-16(18)19-15-6-4-3-5-13(14)15/h3-6,9,11-12H,7-8,10H2,1-2H3,(H2,18,19). The summed E-state index contributed by atoms with van der Waals surface area (Å²) in [6.07, 6.45) is 1.09. The van der Waals surface area contributed by atoms with Crippen molar-refractivity contribution in [1.82, 2.24) is 9.88 Å². The van der Waals surface area contributed by atoms with Crippen LogP contribution in [0.25, 0.3) is 10.9 Å². The molecule has 3 rings (SSSR count). The van der Waals surface area contributed by atoms with Gasteiger partial charge in [-0.3, -0.25) is 4.79 Å². The predicted molar refractivity (Wildman–Crippen MR) is 85.0 cm³/mol. The molecule has 2 aromatic rings. The topological polar surface area (TPSA) is 59.2 Å². The lowest BCUT2D eigenvalue weighted by Gasteiger charge is -2.19. The van der Waals surface area contributed by atoms with Gasteiger partial charge in [0.05, 0.1) is 11.1 Å². The van der Waals surface area contributed by atoms with Crippen molar-refractivity contribution in [2.75, 3.05) is 18.8 Å². The molecule has 0 spiro atoms. The van der Waals surface area contributed by atoms with Crippen LogP contribution in [0.1, 0.15) is 30.6 Å². The van der Waals surface area contributed by atoms with Gasteiger partial charge in [-0.05, 0) is 30.4 Å². The van der Waals surface area contributed by atoms with E-state index in [0.29, 0.717) is 23.2 Å². The van der Waals surface area contributed by atoms with Crippen LogP contribution in [0.5, 0.6) is 0 Å². The molecule has 1 saturated heterocycles. The molecule has 21 heavy (non-hydrogen) atoms. The van der Waals surface area contributed by atoms with Crippen molar-refractivity contribution in [3.8, 4) is 0 Å². The van der Waals surface area contributed by atoms with Crippen LogP contribution in [0, 0.1) is 11.8 Å². The summed E-state index contributed by atoms with van der Waals surface area (Å²) in [6, 6.07) is 9.37. The van der Waals surface area contributed by atoms with Gasteiger partial charge in [-0.2, -0.15) is 0 Å². The van der Waals surface area contributed by atoms with Gasteiger partial charge in [-0.15, -0.1) is 0 Å². The largest absolute Gasteiger partial charge is 0.384 e. The van der Waals surface area contributed by atoms with Crippen LogP contribution in [-0.2, 0) is 0 Å². The number of nitrogen functional groups attached to an aromatic ring is 1. The van der Waals surface area contributed by atoms with Crippen molar-refractivity contribution in [2.45, 2.75) is 20.3 Å². The fraction of sp³-hybridized carbons (Fsp3) is 0.412. The maximum Gasteiger partial charge on any atom is 0.254 e. The van der Waals surface area contributed by atoms with Crippen molar-refractivity contribution >= 4 is 22.6 Å². The van der Waals surface area contributed by atoms with E-state index in [4.69, 9.17) is 5.73 Å². The number of likely N-dealkylation sites (tertiary alicyclic amines) is 1. The number of hydrogen-bond donors (Lipinski definition) is 1. The minimum absolute atomic E-state index is 0.0726. The molecule has 110 valence electrons.